The highest BCUT2D eigenvalue weighted by atomic mass is 79.9. The van der Waals surface area contributed by atoms with E-state index in [4.69, 9.17) is 13.9 Å². The Hall–Kier alpha value is -1.38. The van der Waals surface area contributed by atoms with E-state index < -0.39 is 14.4 Å². The van der Waals surface area contributed by atoms with Crippen molar-refractivity contribution in [2.24, 2.45) is 5.92 Å². The summed E-state index contributed by atoms with van der Waals surface area (Å²) in [7, 11) is -2.03. The zero-order valence-corrected chi connectivity index (χ0v) is 21.1. The molecule has 1 aromatic carbocycles. The summed E-state index contributed by atoms with van der Waals surface area (Å²) in [5, 5.41) is 0.0634. The van der Waals surface area contributed by atoms with Gasteiger partial charge in [-0.1, -0.05) is 67.0 Å². The summed E-state index contributed by atoms with van der Waals surface area (Å²) in [4.78, 5) is 26.3. The van der Waals surface area contributed by atoms with E-state index in [-0.39, 0.29) is 53.2 Å². The number of carbonyl (C=O) groups excluding carboxylic acids is 2. The van der Waals surface area contributed by atoms with Gasteiger partial charge >= 0.3 is 12.1 Å². The van der Waals surface area contributed by atoms with E-state index >= 15 is 0 Å². The highest BCUT2D eigenvalue weighted by Crippen LogP contribution is 2.54. The summed E-state index contributed by atoms with van der Waals surface area (Å²) >= 11 is 3.75. The van der Waals surface area contributed by atoms with E-state index in [1.165, 1.54) is 6.92 Å². The average Bonchev–Trinajstić information content (AvgIpc) is 3.14. The van der Waals surface area contributed by atoms with Gasteiger partial charge in [0.2, 0.25) is 0 Å². The minimum Gasteiger partial charge on any atom is -0.464 e. The van der Waals surface area contributed by atoms with E-state index in [0.717, 1.165) is 5.56 Å². The van der Waals surface area contributed by atoms with Crippen LogP contribution >= 0.6 is 15.9 Å². The van der Waals surface area contributed by atoms with Crippen LogP contribution in [0, 0.1) is 5.92 Å². The highest BCUT2D eigenvalue weighted by molar-refractivity contribution is 9.09. The molecule has 6 nitrogen and oxygen atoms in total. The molecule has 1 saturated carbocycles. The number of esters is 1. The fourth-order valence-electron chi connectivity index (χ4n) is 3.93. The fourth-order valence-corrected chi connectivity index (χ4v) is 6.47. The number of benzene rings is 1. The van der Waals surface area contributed by atoms with Gasteiger partial charge in [-0.2, -0.15) is 0 Å². The molecule has 0 radical (unpaired) electrons. The topological polar surface area (TPSA) is 65.1 Å². The molecule has 0 N–H and O–H groups in total. The lowest BCUT2D eigenvalue weighted by molar-refractivity contribution is -0.142. The quantitative estimate of drug-likeness (QED) is 0.323. The normalized spacial score (nSPS) is 28.1. The molecular weight excluding hydrogens is 466 g/mol. The molecule has 0 spiro atoms. The molecule has 2 heterocycles. The van der Waals surface area contributed by atoms with Crippen LogP contribution in [-0.4, -0.2) is 54.9 Å². The molecule has 3 fully saturated rings. The van der Waals surface area contributed by atoms with Crippen molar-refractivity contribution in [3.05, 3.63) is 35.9 Å². The van der Waals surface area contributed by atoms with Gasteiger partial charge < -0.3 is 13.9 Å². The van der Waals surface area contributed by atoms with Gasteiger partial charge in [-0.05, 0) is 23.7 Å². The Balaban J connectivity index is 1.77. The number of carbonyl (C=O) groups is 2. The zero-order valence-electron chi connectivity index (χ0n) is 18.6. The molecule has 0 aromatic heterocycles. The summed E-state index contributed by atoms with van der Waals surface area (Å²) in [5.41, 5.74) is 0.929. The lowest BCUT2D eigenvalue weighted by Crippen LogP contribution is -2.60. The van der Waals surface area contributed by atoms with Gasteiger partial charge in [0.1, 0.15) is 13.2 Å². The summed E-state index contributed by atoms with van der Waals surface area (Å²) in [6.07, 6.45) is -0.477. The molecule has 8 heteroatoms. The minimum atomic E-state index is -2.03. The van der Waals surface area contributed by atoms with Crippen molar-refractivity contribution in [2.75, 3.05) is 6.61 Å². The number of hydrogen-bond donors (Lipinski definition) is 0. The Kier molecular flexibility index (Phi) is 6.70. The number of nitrogens with zero attached hydrogens (tertiary/aromatic N) is 1. The van der Waals surface area contributed by atoms with E-state index in [2.05, 4.69) is 49.8 Å². The van der Waals surface area contributed by atoms with Gasteiger partial charge in [0.05, 0.1) is 18.2 Å². The van der Waals surface area contributed by atoms with Gasteiger partial charge in [-0.15, -0.1) is 0 Å². The van der Waals surface area contributed by atoms with Gasteiger partial charge in [-0.3, -0.25) is 9.69 Å². The SMILES string of the molecule is CC(=O)OC[C@H]1[C@H]2[C@H](Br)[C@H]([C@@H]2O[Si](C)(C)C(C)(C)C)N1C(=O)OCc1ccccc1. The Morgan fingerprint density at radius 2 is 1.77 bits per heavy atom. The molecule has 2 bridgehead atoms. The zero-order chi connectivity index (χ0) is 22.3. The van der Waals surface area contributed by atoms with Crippen LogP contribution in [0.4, 0.5) is 4.79 Å². The number of fused-ring (bicyclic) bond motifs is 1. The molecular formula is C22H32BrNO5Si. The molecule has 4 rings (SSSR count). The molecule has 3 aliphatic rings. The molecule has 2 saturated heterocycles. The van der Waals surface area contributed by atoms with Crippen LogP contribution in [0.3, 0.4) is 0 Å². The van der Waals surface area contributed by atoms with Crippen molar-refractivity contribution in [1.82, 2.24) is 4.90 Å². The van der Waals surface area contributed by atoms with E-state index in [1.54, 1.807) is 4.90 Å². The van der Waals surface area contributed by atoms with Crippen LogP contribution in [0.1, 0.15) is 33.3 Å². The van der Waals surface area contributed by atoms with Crippen LogP contribution in [0.25, 0.3) is 0 Å². The summed E-state index contributed by atoms with van der Waals surface area (Å²) < 4.78 is 17.6. The molecule has 166 valence electrons. The van der Waals surface area contributed by atoms with Crippen molar-refractivity contribution >= 4 is 36.3 Å². The first kappa shape index (κ1) is 23.3. The van der Waals surface area contributed by atoms with Gasteiger partial charge in [0, 0.05) is 17.7 Å². The predicted octanol–water partition coefficient (Wildman–Crippen LogP) is 4.72. The molecule has 2 aliphatic heterocycles. The van der Waals surface area contributed by atoms with Crippen LogP contribution in [0.15, 0.2) is 30.3 Å². The van der Waals surface area contributed by atoms with Crippen LogP contribution in [-0.2, 0) is 25.3 Å². The maximum absolute atomic E-state index is 13.1. The smallest absolute Gasteiger partial charge is 0.410 e. The standard InChI is InChI=1S/C22H32BrNO5Si/c1-14(25)27-13-16-17-18(23)19(20(17)29-30(5,6)22(2,3)4)24(16)21(26)28-12-15-10-8-7-9-11-15/h7-11,16-20H,12-13H2,1-6H3/t16-,17-,18-,19+,20+/m0/s1. The number of amides is 1. The van der Waals surface area contributed by atoms with Crippen molar-refractivity contribution in [3.63, 3.8) is 0 Å². The number of ether oxygens (including phenoxy) is 2. The Morgan fingerprint density at radius 3 is 2.33 bits per heavy atom. The summed E-state index contributed by atoms with van der Waals surface area (Å²) in [5.74, 6) is -0.294. The average molecular weight is 498 g/mol. The third-order valence-corrected chi connectivity index (χ3v) is 12.3. The lowest BCUT2D eigenvalue weighted by Gasteiger charge is -2.48. The third kappa shape index (κ3) is 4.45. The van der Waals surface area contributed by atoms with Crippen LogP contribution in [0.5, 0.6) is 0 Å². The third-order valence-electron chi connectivity index (χ3n) is 6.64. The maximum atomic E-state index is 13.1. The molecule has 30 heavy (non-hydrogen) atoms. The number of hydrogen-bond acceptors (Lipinski definition) is 5. The van der Waals surface area contributed by atoms with E-state index in [1.807, 2.05) is 30.3 Å². The van der Waals surface area contributed by atoms with Crippen molar-refractivity contribution in [3.8, 4) is 0 Å². The number of rotatable bonds is 6. The Bertz CT molecular complexity index is 781. The van der Waals surface area contributed by atoms with Crippen molar-refractivity contribution in [2.45, 2.75) is 75.4 Å². The maximum Gasteiger partial charge on any atom is 0.410 e. The molecule has 1 aliphatic carbocycles. The molecule has 1 amide bonds. The van der Waals surface area contributed by atoms with E-state index in [0.29, 0.717) is 0 Å². The van der Waals surface area contributed by atoms with Gasteiger partial charge in [-0.25, -0.2) is 4.79 Å². The second-order valence-electron chi connectivity index (χ2n) is 9.67. The first-order valence-electron chi connectivity index (χ1n) is 10.4. The summed E-state index contributed by atoms with van der Waals surface area (Å²) in [6.45, 7) is 12.8. The molecule has 0 unspecified atom stereocenters. The van der Waals surface area contributed by atoms with Gasteiger partial charge in [0.25, 0.3) is 0 Å². The first-order valence-corrected chi connectivity index (χ1v) is 14.2. The van der Waals surface area contributed by atoms with Crippen molar-refractivity contribution in [1.29, 1.82) is 0 Å². The second-order valence-corrected chi connectivity index (χ2v) is 15.5. The Labute approximate surface area is 188 Å². The van der Waals surface area contributed by atoms with Gasteiger partial charge in [0.15, 0.2) is 8.32 Å². The fraction of sp³-hybridized carbons (Fsp3) is 0.636. The monoisotopic (exact) mass is 497 g/mol. The predicted molar refractivity (Wildman–Crippen MR) is 121 cm³/mol. The van der Waals surface area contributed by atoms with E-state index in [9.17, 15) is 9.59 Å². The number of alkyl halides is 1. The van der Waals surface area contributed by atoms with Crippen LogP contribution in [0.2, 0.25) is 18.1 Å². The van der Waals surface area contributed by atoms with Crippen LogP contribution < -0.4 is 0 Å². The minimum absolute atomic E-state index is 0.0627. The lowest BCUT2D eigenvalue weighted by atomic mass is 9.79. The largest absolute Gasteiger partial charge is 0.464 e. The molecule has 5 atom stereocenters. The summed E-state index contributed by atoms with van der Waals surface area (Å²) in [6, 6.07) is 9.20. The number of halogens is 1. The van der Waals surface area contributed by atoms with Crippen molar-refractivity contribution < 1.29 is 23.5 Å². The first-order chi connectivity index (χ1) is 13.9. The highest BCUT2D eigenvalue weighted by Gasteiger charge is 2.68. The molecule has 1 aromatic rings. The Morgan fingerprint density at radius 1 is 1.13 bits per heavy atom. The second kappa shape index (κ2) is 8.63.